The number of aromatic hydroxyl groups is 1. The van der Waals surface area contributed by atoms with Crippen LogP contribution < -0.4 is 15.2 Å². The van der Waals surface area contributed by atoms with Gasteiger partial charge in [0, 0.05) is 12.1 Å². The van der Waals surface area contributed by atoms with Gasteiger partial charge in [0.15, 0.2) is 25.4 Å². The number of rotatable bonds is 18. The van der Waals surface area contributed by atoms with E-state index in [9.17, 15) is 64.7 Å². The van der Waals surface area contributed by atoms with Crippen molar-refractivity contribution < 1.29 is 91.7 Å². The molecule has 0 saturated carbocycles. The number of phenols is 1. The van der Waals surface area contributed by atoms with Gasteiger partial charge in [0.05, 0.1) is 60.6 Å². The molecule has 32 heteroatoms. The second-order valence-electron chi connectivity index (χ2n) is 11.5. The standard InChI is InChI=1S/C28H29N5O21S6/c1-51-19-14-21(56(37,38)10-8-54-60(48,49)50)20(52-2)13-18(19)31-33-27-23(58(42,43)44)12-15-11-22(57(39,40)41)26(25(29)24(15)28(27)34)32-30-16-3-5-17(6-4-16)55(35,36)9-7-53-59(45,46)47/h3-6,11-14,34H,7-10,29H2,1-2H3,(H,39,40,41)(H,42,43,44)(H,45,46,47)(H,48,49,50). The van der Waals surface area contributed by atoms with Crippen LogP contribution >= 0.6 is 0 Å². The van der Waals surface area contributed by atoms with Gasteiger partial charge in [0.25, 0.3) is 20.2 Å². The lowest BCUT2D eigenvalue weighted by Gasteiger charge is -2.14. The van der Waals surface area contributed by atoms with E-state index in [0.717, 1.165) is 50.6 Å². The molecule has 328 valence electrons. The Bertz CT molecular complexity index is 3100. The molecule has 0 fully saturated rings. The Balaban J connectivity index is 1.85. The maximum Gasteiger partial charge on any atom is 0.397 e. The number of hydrogen-bond acceptors (Lipinski definition) is 22. The fourth-order valence-corrected chi connectivity index (χ4v) is 9.41. The van der Waals surface area contributed by atoms with Crippen LogP contribution in [0.25, 0.3) is 10.8 Å². The molecule has 0 bridgehead atoms. The molecule has 0 aliphatic carbocycles. The zero-order valence-corrected chi connectivity index (χ0v) is 34.9. The van der Waals surface area contributed by atoms with Crippen molar-refractivity contribution in [2.45, 2.75) is 19.6 Å². The molecular weight excluding hydrogens is 935 g/mol. The van der Waals surface area contributed by atoms with Crippen LogP contribution in [0.3, 0.4) is 0 Å². The summed E-state index contributed by atoms with van der Waals surface area (Å²) in [5.74, 6) is -3.89. The molecule has 60 heavy (non-hydrogen) atoms. The SMILES string of the molecule is COc1cc(S(=O)(=O)CCOS(=O)(=O)O)c(OC)cc1N=Nc1c(S(=O)(=O)O)cc2cc(S(=O)(=O)O)c(N=Nc3ccc(S(=O)(=O)CCOS(=O)(=O)O)cc3)c(N)c2c1O. The van der Waals surface area contributed by atoms with Gasteiger partial charge in [-0.2, -0.15) is 38.8 Å². The quantitative estimate of drug-likeness (QED) is 0.0474. The highest BCUT2D eigenvalue weighted by Crippen LogP contribution is 2.49. The minimum atomic E-state index is -5.37. The predicted octanol–water partition coefficient (Wildman–Crippen LogP) is 2.66. The average Bonchev–Trinajstić information content (AvgIpc) is 3.11. The molecule has 0 unspecified atom stereocenters. The normalized spacial score (nSPS) is 13.4. The Kier molecular flexibility index (Phi) is 13.9. The highest BCUT2D eigenvalue weighted by molar-refractivity contribution is 7.92. The Labute approximate surface area is 340 Å². The van der Waals surface area contributed by atoms with Crippen molar-refractivity contribution in [2.75, 3.05) is 44.7 Å². The van der Waals surface area contributed by atoms with Crippen LogP contribution in [-0.2, 0) is 69.1 Å². The summed E-state index contributed by atoms with van der Waals surface area (Å²) >= 11 is 0. The first kappa shape index (κ1) is 47.7. The number of phenolic OH excluding ortho intramolecular Hbond substituents is 1. The summed E-state index contributed by atoms with van der Waals surface area (Å²) in [6.45, 7) is -1.93. The van der Waals surface area contributed by atoms with Crippen molar-refractivity contribution in [3.05, 3.63) is 48.5 Å². The number of sulfone groups is 2. The van der Waals surface area contributed by atoms with Gasteiger partial charge >= 0.3 is 20.8 Å². The number of nitrogens with zero attached hydrogens (tertiary/aromatic N) is 4. The summed E-state index contributed by atoms with van der Waals surface area (Å²) in [5, 5.41) is 25.2. The Hall–Kier alpha value is -5.00. The molecule has 0 saturated heterocycles. The minimum absolute atomic E-state index is 0.168. The number of methoxy groups -OCH3 is 2. The molecule has 4 aromatic rings. The largest absolute Gasteiger partial charge is 0.505 e. The number of nitrogen functional groups attached to an aromatic ring is 1. The fourth-order valence-electron chi connectivity index (χ4n) is 4.94. The molecule has 0 amide bonds. The molecule has 0 radical (unpaired) electrons. The number of azo groups is 2. The molecule has 0 atom stereocenters. The van der Waals surface area contributed by atoms with E-state index in [2.05, 4.69) is 28.8 Å². The van der Waals surface area contributed by atoms with E-state index < -0.39 is 145 Å². The van der Waals surface area contributed by atoms with Crippen LogP contribution in [0, 0.1) is 0 Å². The molecule has 0 aromatic heterocycles. The summed E-state index contributed by atoms with van der Waals surface area (Å²) in [7, 11) is -27.1. The number of ether oxygens (including phenoxy) is 2. The van der Waals surface area contributed by atoms with E-state index in [1.807, 2.05) is 0 Å². The first-order valence-corrected chi connectivity index (χ1v) is 24.4. The number of nitrogens with two attached hydrogens (primary N) is 1. The lowest BCUT2D eigenvalue weighted by atomic mass is 10.1. The van der Waals surface area contributed by atoms with Crippen molar-refractivity contribution in [3.63, 3.8) is 0 Å². The maximum atomic E-state index is 13.0. The average molecular weight is 964 g/mol. The zero-order chi connectivity index (χ0) is 45.2. The molecule has 0 heterocycles. The summed E-state index contributed by atoms with van der Waals surface area (Å²) in [6.07, 6.45) is 0. The van der Waals surface area contributed by atoms with Gasteiger partial charge in [-0.3, -0.25) is 18.2 Å². The number of hydrogen-bond donors (Lipinski definition) is 6. The lowest BCUT2D eigenvalue weighted by molar-refractivity contribution is 0.282. The highest BCUT2D eigenvalue weighted by Gasteiger charge is 2.29. The van der Waals surface area contributed by atoms with Crippen LogP contribution in [-0.4, -0.2) is 113 Å². The van der Waals surface area contributed by atoms with E-state index >= 15 is 0 Å². The van der Waals surface area contributed by atoms with Gasteiger partial charge in [-0.25, -0.2) is 25.2 Å². The monoisotopic (exact) mass is 963 g/mol. The predicted molar refractivity (Wildman–Crippen MR) is 203 cm³/mol. The first-order valence-electron chi connectivity index (χ1n) is 15.4. The molecule has 4 aromatic carbocycles. The van der Waals surface area contributed by atoms with Crippen molar-refractivity contribution in [2.24, 2.45) is 20.5 Å². The topological polar surface area (TPSA) is 418 Å². The van der Waals surface area contributed by atoms with Crippen molar-refractivity contribution >= 4 is 99.9 Å². The van der Waals surface area contributed by atoms with Gasteiger partial charge < -0.3 is 20.3 Å². The Morgan fingerprint density at radius 1 is 0.583 bits per heavy atom. The molecular formula is C28H29N5O21S6. The van der Waals surface area contributed by atoms with Crippen molar-refractivity contribution in [1.82, 2.24) is 0 Å². The van der Waals surface area contributed by atoms with Gasteiger partial charge in [0.1, 0.15) is 43.2 Å². The third-order valence-electron chi connectivity index (χ3n) is 7.56. The highest BCUT2D eigenvalue weighted by atomic mass is 32.3. The summed E-state index contributed by atoms with van der Waals surface area (Å²) in [4.78, 5) is -3.26. The van der Waals surface area contributed by atoms with Gasteiger partial charge in [-0.05, 0) is 41.8 Å². The fraction of sp³-hybridized carbons (Fsp3) is 0.214. The number of benzene rings is 4. The number of anilines is 1. The molecule has 0 aliphatic rings. The molecule has 4 rings (SSSR count). The molecule has 0 aliphatic heterocycles. The van der Waals surface area contributed by atoms with Crippen LogP contribution in [0.15, 0.2) is 88.6 Å². The van der Waals surface area contributed by atoms with Crippen molar-refractivity contribution in [1.29, 1.82) is 0 Å². The molecule has 26 nitrogen and oxygen atoms in total. The second kappa shape index (κ2) is 17.5. The van der Waals surface area contributed by atoms with E-state index in [0.29, 0.717) is 12.1 Å². The Morgan fingerprint density at radius 2 is 1.07 bits per heavy atom. The zero-order valence-electron chi connectivity index (χ0n) is 30.0. The van der Waals surface area contributed by atoms with Gasteiger partial charge in [0.2, 0.25) is 0 Å². The van der Waals surface area contributed by atoms with Crippen molar-refractivity contribution in [3.8, 4) is 17.2 Å². The smallest absolute Gasteiger partial charge is 0.397 e. The van der Waals surface area contributed by atoms with E-state index in [1.165, 1.54) is 0 Å². The lowest BCUT2D eigenvalue weighted by Crippen LogP contribution is -2.16. The third-order valence-corrected chi connectivity index (χ3v) is 13.6. The van der Waals surface area contributed by atoms with E-state index in [-0.39, 0.29) is 16.3 Å². The van der Waals surface area contributed by atoms with E-state index in [4.69, 9.17) is 24.3 Å². The molecule has 7 N–H and O–H groups in total. The van der Waals surface area contributed by atoms with Crippen LogP contribution in [0.2, 0.25) is 0 Å². The number of fused-ring (bicyclic) bond motifs is 1. The van der Waals surface area contributed by atoms with Gasteiger partial charge in [-0.15, -0.1) is 15.3 Å². The third kappa shape index (κ3) is 11.6. The summed E-state index contributed by atoms with van der Waals surface area (Å²) in [6, 6.07) is 7.05. The van der Waals surface area contributed by atoms with Crippen LogP contribution in [0.5, 0.6) is 17.2 Å². The molecule has 0 spiro atoms. The first-order chi connectivity index (χ1) is 27.5. The van der Waals surface area contributed by atoms with E-state index in [1.54, 1.807) is 0 Å². The van der Waals surface area contributed by atoms with Crippen LogP contribution in [0.4, 0.5) is 28.4 Å². The van der Waals surface area contributed by atoms with Gasteiger partial charge in [-0.1, -0.05) is 0 Å². The summed E-state index contributed by atoms with van der Waals surface area (Å²) in [5.41, 5.74) is 2.94. The van der Waals surface area contributed by atoms with Crippen LogP contribution in [0.1, 0.15) is 0 Å². The minimum Gasteiger partial charge on any atom is -0.505 e. The Morgan fingerprint density at radius 3 is 1.55 bits per heavy atom. The maximum absolute atomic E-state index is 13.0. The second-order valence-corrected chi connectivity index (χ2v) is 20.6. The summed E-state index contributed by atoms with van der Waals surface area (Å²) < 4.78 is 200.